The highest BCUT2D eigenvalue weighted by atomic mass is 32.2. The maximum absolute atomic E-state index is 13.1. The molecule has 6 nitrogen and oxygen atoms in total. The zero-order valence-electron chi connectivity index (χ0n) is 17.5. The summed E-state index contributed by atoms with van der Waals surface area (Å²) in [5.41, 5.74) is 12.9. The lowest BCUT2D eigenvalue weighted by molar-refractivity contribution is -0.145. The van der Waals surface area contributed by atoms with Crippen molar-refractivity contribution in [2.75, 3.05) is 5.75 Å². The topological polar surface area (TPSA) is 123 Å². The molecular weight excluding hydrogens is 424 g/mol. The number of hydrogen-bond acceptors (Lipinski definition) is 6. The Hall–Kier alpha value is -3.00. The molecular formula is C25H26N2O4S. The van der Waals surface area contributed by atoms with Gasteiger partial charge < -0.3 is 16.6 Å². The van der Waals surface area contributed by atoms with E-state index in [1.54, 1.807) is 48.6 Å². The second kappa shape index (κ2) is 10.5. The zero-order valence-corrected chi connectivity index (χ0v) is 18.3. The SMILES string of the molecule is N[C@@H](CSCc1ccc(C(=O)c2ccccc2)cc1)C(=O)C1([C@@H](N)C(=O)O)C=CC=CC1. The standard InChI is InChI=1S/C25H26N2O4S/c26-20(23(29)25(22(27)24(30)31)13-5-2-6-14-25)16-32-15-17-9-11-19(12-10-17)21(28)18-7-3-1-4-8-18/h1-13,20,22H,14-16,26-27H2,(H,30,31)/t20-,22-,25?/m0/s1. The van der Waals surface area contributed by atoms with Crippen molar-refractivity contribution in [1.29, 1.82) is 0 Å². The third-order valence-electron chi connectivity index (χ3n) is 5.53. The first-order chi connectivity index (χ1) is 15.3. The van der Waals surface area contributed by atoms with Crippen molar-refractivity contribution in [3.8, 4) is 0 Å². The van der Waals surface area contributed by atoms with Crippen LogP contribution in [0.1, 0.15) is 27.9 Å². The normalized spacial score (nSPS) is 19.3. The molecule has 1 aliphatic carbocycles. The summed E-state index contributed by atoms with van der Waals surface area (Å²) >= 11 is 1.48. The van der Waals surface area contributed by atoms with E-state index >= 15 is 0 Å². The van der Waals surface area contributed by atoms with E-state index in [1.165, 1.54) is 11.8 Å². The number of hydrogen-bond donors (Lipinski definition) is 3. The molecule has 0 fully saturated rings. The van der Waals surface area contributed by atoms with E-state index in [9.17, 15) is 19.5 Å². The Morgan fingerprint density at radius 2 is 1.62 bits per heavy atom. The number of benzene rings is 2. The number of rotatable bonds is 10. The third-order valence-corrected chi connectivity index (χ3v) is 6.66. The molecule has 0 aromatic heterocycles. The Morgan fingerprint density at radius 3 is 2.22 bits per heavy atom. The van der Waals surface area contributed by atoms with Gasteiger partial charge in [-0.05, 0) is 12.0 Å². The van der Waals surface area contributed by atoms with Crippen LogP contribution >= 0.6 is 11.8 Å². The van der Waals surface area contributed by atoms with Crippen LogP contribution in [0.5, 0.6) is 0 Å². The molecule has 0 bridgehead atoms. The molecule has 0 aliphatic heterocycles. The van der Waals surface area contributed by atoms with Crippen LogP contribution in [0.4, 0.5) is 0 Å². The van der Waals surface area contributed by atoms with Crippen LogP contribution in [0.2, 0.25) is 0 Å². The quantitative estimate of drug-likeness (QED) is 0.476. The van der Waals surface area contributed by atoms with Gasteiger partial charge in [0.05, 0.1) is 11.5 Å². The number of carboxylic acids is 1. The van der Waals surface area contributed by atoms with Crippen molar-refractivity contribution in [3.05, 3.63) is 95.6 Å². The number of allylic oxidation sites excluding steroid dienone is 3. The summed E-state index contributed by atoms with van der Waals surface area (Å²) in [7, 11) is 0. The van der Waals surface area contributed by atoms with Gasteiger partial charge in [0.2, 0.25) is 0 Å². The van der Waals surface area contributed by atoms with E-state index in [0.717, 1.165) is 5.56 Å². The Labute approximate surface area is 191 Å². The number of Topliss-reactive ketones (excluding diaryl/α,β-unsaturated/α-hetero) is 1. The minimum atomic E-state index is -1.36. The van der Waals surface area contributed by atoms with E-state index in [4.69, 9.17) is 11.5 Å². The molecule has 0 saturated heterocycles. The largest absolute Gasteiger partial charge is 0.480 e. The van der Waals surface area contributed by atoms with Crippen molar-refractivity contribution >= 4 is 29.3 Å². The van der Waals surface area contributed by atoms with Crippen molar-refractivity contribution < 1.29 is 19.5 Å². The Morgan fingerprint density at radius 1 is 0.969 bits per heavy atom. The second-order valence-electron chi connectivity index (χ2n) is 7.73. The molecule has 7 heteroatoms. The van der Waals surface area contributed by atoms with Crippen molar-refractivity contribution in [3.63, 3.8) is 0 Å². The molecule has 2 aromatic rings. The summed E-state index contributed by atoms with van der Waals surface area (Å²) in [4.78, 5) is 37.0. The number of carbonyl (C=O) groups is 3. The summed E-state index contributed by atoms with van der Waals surface area (Å²) in [6.45, 7) is 0. The minimum Gasteiger partial charge on any atom is -0.480 e. The van der Waals surface area contributed by atoms with Gasteiger partial charge in [-0.15, -0.1) is 0 Å². The van der Waals surface area contributed by atoms with E-state index in [1.807, 2.05) is 30.3 Å². The first-order valence-electron chi connectivity index (χ1n) is 10.2. The van der Waals surface area contributed by atoms with Crippen LogP contribution in [0, 0.1) is 5.41 Å². The zero-order chi connectivity index (χ0) is 23.1. The highest BCUT2D eigenvalue weighted by molar-refractivity contribution is 7.98. The lowest BCUT2D eigenvalue weighted by atomic mass is 9.70. The van der Waals surface area contributed by atoms with Crippen LogP contribution < -0.4 is 11.5 Å². The minimum absolute atomic E-state index is 0.0351. The molecule has 1 unspecified atom stereocenters. The van der Waals surface area contributed by atoms with Gasteiger partial charge in [-0.1, -0.05) is 78.9 Å². The van der Waals surface area contributed by atoms with Crippen molar-refractivity contribution in [1.82, 2.24) is 0 Å². The number of aliphatic carboxylic acids is 1. The summed E-state index contributed by atoms with van der Waals surface area (Å²) in [5, 5.41) is 9.38. The number of carboxylic acid groups (broad SMARTS) is 1. The molecule has 0 amide bonds. The van der Waals surface area contributed by atoms with Crippen LogP contribution in [0.3, 0.4) is 0 Å². The molecule has 0 spiro atoms. The highest BCUT2D eigenvalue weighted by Gasteiger charge is 2.46. The van der Waals surface area contributed by atoms with Crippen LogP contribution in [0.25, 0.3) is 0 Å². The van der Waals surface area contributed by atoms with Gasteiger partial charge in [-0.3, -0.25) is 14.4 Å². The summed E-state index contributed by atoms with van der Waals surface area (Å²) in [6, 6.07) is 14.2. The maximum atomic E-state index is 13.1. The average Bonchev–Trinajstić information content (AvgIpc) is 2.83. The van der Waals surface area contributed by atoms with Crippen LogP contribution in [-0.2, 0) is 15.3 Å². The van der Waals surface area contributed by atoms with E-state index in [0.29, 0.717) is 22.6 Å². The predicted molar refractivity (Wildman–Crippen MR) is 126 cm³/mol. The summed E-state index contributed by atoms with van der Waals surface area (Å²) in [6.07, 6.45) is 6.90. The van der Waals surface area contributed by atoms with Gasteiger partial charge in [0.15, 0.2) is 11.6 Å². The van der Waals surface area contributed by atoms with E-state index in [2.05, 4.69) is 0 Å². The Kier molecular flexibility index (Phi) is 7.80. The lowest BCUT2D eigenvalue weighted by Gasteiger charge is -2.35. The Bertz CT molecular complexity index is 1030. The van der Waals surface area contributed by atoms with Crippen LogP contribution in [0.15, 0.2) is 78.9 Å². The van der Waals surface area contributed by atoms with Gasteiger partial charge in [-0.25, -0.2) is 0 Å². The first-order valence-corrected chi connectivity index (χ1v) is 11.4. The van der Waals surface area contributed by atoms with E-state index in [-0.39, 0.29) is 18.0 Å². The van der Waals surface area contributed by atoms with Gasteiger partial charge in [0.25, 0.3) is 0 Å². The number of carbonyl (C=O) groups excluding carboxylic acids is 2. The number of nitrogens with two attached hydrogens (primary N) is 2. The molecule has 5 N–H and O–H groups in total. The Balaban J connectivity index is 1.58. The van der Waals surface area contributed by atoms with Crippen LogP contribution in [-0.4, -0.2) is 40.5 Å². The lowest BCUT2D eigenvalue weighted by Crippen LogP contribution is -2.56. The first kappa shape index (κ1) is 23.7. The van der Waals surface area contributed by atoms with Crippen molar-refractivity contribution in [2.24, 2.45) is 16.9 Å². The fourth-order valence-electron chi connectivity index (χ4n) is 3.66. The number of ketones is 2. The van der Waals surface area contributed by atoms with Crippen molar-refractivity contribution in [2.45, 2.75) is 24.3 Å². The maximum Gasteiger partial charge on any atom is 0.321 e. The fourth-order valence-corrected chi connectivity index (χ4v) is 4.61. The average molecular weight is 451 g/mol. The van der Waals surface area contributed by atoms with Gasteiger partial charge in [0, 0.05) is 22.6 Å². The molecule has 0 saturated carbocycles. The van der Waals surface area contributed by atoms with Gasteiger partial charge >= 0.3 is 5.97 Å². The van der Waals surface area contributed by atoms with Gasteiger partial charge in [0.1, 0.15) is 6.04 Å². The molecule has 32 heavy (non-hydrogen) atoms. The molecule has 1 aliphatic rings. The monoisotopic (exact) mass is 450 g/mol. The van der Waals surface area contributed by atoms with Gasteiger partial charge in [-0.2, -0.15) is 11.8 Å². The molecule has 3 atom stereocenters. The predicted octanol–water partition coefficient (Wildman–Crippen LogP) is 2.96. The summed E-state index contributed by atoms with van der Waals surface area (Å²) in [5.74, 6) is -0.705. The molecule has 3 rings (SSSR count). The second-order valence-corrected chi connectivity index (χ2v) is 8.76. The molecule has 0 heterocycles. The third kappa shape index (κ3) is 5.24. The molecule has 2 aromatic carbocycles. The highest BCUT2D eigenvalue weighted by Crippen LogP contribution is 2.34. The number of thioether (sulfide) groups is 1. The smallest absolute Gasteiger partial charge is 0.321 e. The summed E-state index contributed by atoms with van der Waals surface area (Å²) < 4.78 is 0. The van der Waals surface area contributed by atoms with E-state index < -0.39 is 23.5 Å². The molecule has 0 radical (unpaired) electrons. The fraction of sp³-hybridized carbons (Fsp3) is 0.240. The molecule has 166 valence electrons.